The number of carbonyl (C=O) groups excluding carboxylic acids is 2. The molecule has 2 fully saturated rings. The van der Waals surface area contributed by atoms with Crippen LogP contribution >= 0.6 is 34.8 Å². The summed E-state index contributed by atoms with van der Waals surface area (Å²) in [6.45, 7) is 6.85. The molecule has 0 aliphatic carbocycles. The van der Waals surface area contributed by atoms with E-state index in [1.807, 2.05) is 51.1 Å². The van der Waals surface area contributed by atoms with Crippen LogP contribution in [-0.2, 0) is 30.4 Å². The van der Waals surface area contributed by atoms with E-state index in [9.17, 15) is 14.7 Å². The first-order valence-corrected chi connectivity index (χ1v) is 14.4. The summed E-state index contributed by atoms with van der Waals surface area (Å²) in [5.41, 5.74) is 2.29. The molecule has 4 rings (SSSR count). The zero-order valence-corrected chi connectivity index (χ0v) is 25.0. The zero-order chi connectivity index (χ0) is 29.1. The maximum Gasteiger partial charge on any atom is 0.323 e. The van der Waals surface area contributed by atoms with E-state index in [1.165, 1.54) is 0 Å². The van der Waals surface area contributed by atoms with Crippen LogP contribution in [0.2, 0.25) is 0 Å². The fraction of sp³-hybridized carbons (Fsp3) is 0.517. The summed E-state index contributed by atoms with van der Waals surface area (Å²) in [6.07, 6.45) is 0.873. The molecule has 0 aromatic heterocycles. The summed E-state index contributed by atoms with van der Waals surface area (Å²) in [6, 6.07) is 14.3. The van der Waals surface area contributed by atoms with E-state index in [2.05, 4.69) is 10.2 Å². The van der Waals surface area contributed by atoms with Crippen molar-refractivity contribution in [1.82, 2.24) is 4.90 Å². The van der Waals surface area contributed by atoms with Crippen molar-refractivity contribution >= 4 is 52.4 Å². The molecule has 218 valence electrons. The Bertz CT molecular complexity index is 1180. The van der Waals surface area contributed by atoms with Crippen molar-refractivity contribution in [3.63, 3.8) is 0 Å². The van der Waals surface area contributed by atoms with Gasteiger partial charge in [0, 0.05) is 24.2 Å². The minimum Gasteiger partial charge on any atom is -0.459 e. The molecule has 2 heterocycles. The third-order valence-corrected chi connectivity index (χ3v) is 7.28. The number of likely N-dealkylation sites (tertiary alicyclic amines) is 1. The maximum atomic E-state index is 12.9. The van der Waals surface area contributed by atoms with Crippen LogP contribution in [0.5, 0.6) is 0 Å². The molecule has 4 unspecified atom stereocenters. The zero-order valence-electron chi connectivity index (χ0n) is 22.7. The number of anilines is 1. The van der Waals surface area contributed by atoms with E-state index in [4.69, 9.17) is 49.0 Å². The van der Waals surface area contributed by atoms with Crippen LogP contribution in [0, 0.1) is 0 Å². The second-order valence-electron chi connectivity index (χ2n) is 11.1. The SMILES string of the molecule is CC(C)(C)OC(=O)C1CCCN1CC1CC(c2ccc(CO)cc2)OC(c2cccc(NC(=O)C(Cl)(Cl)Cl)c2)O1. The predicted molar refractivity (Wildman–Crippen MR) is 154 cm³/mol. The standard InChI is InChI=1S/C29H35Cl3N2O6/c1-28(2,3)40-25(36)23-8-5-13-34(23)16-22-15-24(19-11-9-18(17-35)10-12-19)39-26(38-22)20-6-4-7-21(14-20)33-27(37)29(30,31)32/h4,6-7,9-12,14,22-24,26,35H,5,8,13,15-17H2,1-3H3,(H,33,37). The van der Waals surface area contributed by atoms with Crippen LogP contribution in [0.4, 0.5) is 5.69 Å². The average molecular weight is 614 g/mol. The van der Waals surface area contributed by atoms with Gasteiger partial charge in [0.15, 0.2) is 6.29 Å². The molecule has 8 nitrogen and oxygen atoms in total. The number of amides is 1. The van der Waals surface area contributed by atoms with E-state index >= 15 is 0 Å². The second kappa shape index (κ2) is 12.9. The third-order valence-electron chi connectivity index (χ3n) is 6.77. The summed E-state index contributed by atoms with van der Waals surface area (Å²) in [5.74, 6) is -0.996. The molecule has 2 saturated heterocycles. The average Bonchev–Trinajstić information content (AvgIpc) is 3.35. The lowest BCUT2D eigenvalue weighted by Crippen LogP contribution is -2.45. The number of nitrogens with one attached hydrogen (secondary N) is 1. The fourth-order valence-corrected chi connectivity index (χ4v) is 5.08. The highest BCUT2D eigenvalue weighted by molar-refractivity contribution is 6.76. The molecule has 4 atom stereocenters. The molecule has 2 aliphatic heterocycles. The number of halogens is 3. The number of benzene rings is 2. The van der Waals surface area contributed by atoms with Gasteiger partial charge in [-0.15, -0.1) is 0 Å². The van der Waals surface area contributed by atoms with Crippen LogP contribution in [0.3, 0.4) is 0 Å². The van der Waals surface area contributed by atoms with Gasteiger partial charge < -0.3 is 24.6 Å². The van der Waals surface area contributed by atoms with Gasteiger partial charge in [-0.25, -0.2) is 0 Å². The van der Waals surface area contributed by atoms with Crippen LogP contribution in [0.25, 0.3) is 0 Å². The topological polar surface area (TPSA) is 97.3 Å². The van der Waals surface area contributed by atoms with E-state index in [0.717, 1.165) is 30.5 Å². The highest BCUT2D eigenvalue weighted by atomic mass is 35.6. The van der Waals surface area contributed by atoms with Crippen molar-refractivity contribution in [2.75, 3.05) is 18.4 Å². The first kappa shape index (κ1) is 31.0. The third kappa shape index (κ3) is 8.32. The van der Waals surface area contributed by atoms with Crippen LogP contribution < -0.4 is 5.32 Å². The van der Waals surface area contributed by atoms with Gasteiger partial charge in [0.25, 0.3) is 9.70 Å². The normalized spacial score (nSPS) is 24.1. The Kier molecular flexibility index (Phi) is 10.0. The van der Waals surface area contributed by atoms with Gasteiger partial charge in [-0.1, -0.05) is 71.2 Å². The van der Waals surface area contributed by atoms with Crippen LogP contribution in [-0.4, -0.2) is 56.5 Å². The van der Waals surface area contributed by atoms with E-state index < -0.39 is 21.6 Å². The van der Waals surface area contributed by atoms with E-state index in [1.54, 1.807) is 18.2 Å². The summed E-state index contributed by atoms with van der Waals surface area (Å²) in [5, 5.41) is 12.1. The molecule has 2 aromatic rings. The molecule has 0 saturated carbocycles. The Balaban J connectivity index is 1.56. The number of nitrogens with zero attached hydrogens (tertiary/aromatic N) is 1. The van der Waals surface area contributed by atoms with Crippen LogP contribution in [0.15, 0.2) is 48.5 Å². The number of hydrogen-bond acceptors (Lipinski definition) is 7. The molecule has 0 radical (unpaired) electrons. The summed E-state index contributed by atoms with van der Waals surface area (Å²) < 4.78 is 16.4. The number of aliphatic hydroxyl groups excluding tert-OH is 1. The Morgan fingerprint density at radius 1 is 1.07 bits per heavy atom. The monoisotopic (exact) mass is 612 g/mol. The molecule has 1 amide bonds. The largest absolute Gasteiger partial charge is 0.459 e. The quantitative estimate of drug-likeness (QED) is 0.299. The molecule has 0 spiro atoms. The van der Waals surface area contributed by atoms with Crippen molar-refractivity contribution in [2.45, 2.75) is 80.6 Å². The van der Waals surface area contributed by atoms with Crippen LogP contribution in [0.1, 0.15) is 69.1 Å². The first-order valence-electron chi connectivity index (χ1n) is 13.3. The molecule has 11 heteroatoms. The van der Waals surface area contributed by atoms with Gasteiger partial charge in [-0.3, -0.25) is 14.5 Å². The van der Waals surface area contributed by atoms with Crippen molar-refractivity contribution in [3.05, 3.63) is 65.2 Å². The minimum atomic E-state index is -2.11. The molecule has 2 aliphatic rings. The van der Waals surface area contributed by atoms with Crippen molar-refractivity contribution < 1.29 is 28.9 Å². The molecular formula is C29H35Cl3N2O6. The lowest BCUT2D eigenvalue weighted by Gasteiger charge is -2.38. The van der Waals surface area contributed by atoms with Crippen molar-refractivity contribution in [1.29, 1.82) is 0 Å². The van der Waals surface area contributed by atoms with Gasteiger partial charge in [0.05, 0.1) is 18.8 Å². The lowest BCUT2D eigenvalue weighted by molar-refractivity contribution is -0.253. The van der Waals surface area contributed by atoms with Crippen molar-refractivity contribution in [3.8, 4) is 0 Å². The Labute approximate surface area is 249 Å². The molecule has 2 N–H and O–H groups in total. The Hall–Kier alpha value is -1.91. The number of aliphatic hydroxyl groups is 1. The number of carbonyl (C=O) groups is 2. The highest BCUT2D eigenvalue weighted by Crippen LogP contribution is 2.39. The fourth-order valence-electron chi connectivity index (χ4n) is 4.94. The number of rotatable bonds is 7. The smallest absolute Gasteiger partial charge is 0.323 e. The molecule has 0 bridgehead atoms. The minimum absolute atomic E-state index is 0.0477. The first-order chi connectivity index (χ1) is 18.8. The van der Waals surface area contributed by atoms with Gasteiger partial charge in [0.1, 0.15) is 11.6 Å². The Morgan fingerprint density at radius 2 is 1.80 bits per heavy atom. The molecule has 40 heavy (non-hydrogen) atoms. The Morgan fingerprint density at radius 3 is 2.45 bits per heavy atom. The maximum absolute atomic E-state index is 12.9. The summed E-state index contributed by atoms with van der Waals surface area (Å²) in [4.78, 5) is 27.3. The van der Waals surface area contributed by atoms with Gasteiger partial charge >= 0.3 is 5.97 Å². The van der Waals surface area contributed by atoms with Gasteiger partial charge in [0.2, 0.25) is 0 Å². The molecular weight excluding hydrogens is 579 g/mol. The second-order valence-corrected chi connectivity index (χ2v) is 13.4. The van der Waals surface area contributed by atoms with E-state index in [0.29, 0.717) is 24.2 Å². The predicted octanol–water partition coefficient (Wildman–Crippen LogP) is 5.84. The number of alkyl halides is 3. The molecule has 2 aromatic carbocycles. The van der Waals surface area contributed by atoms with Gasteiger partial charge in [-0.05, 0) is 63.4 Å². The van der Waals surface area contributed by atoms with E-state index in [-0.39, 0.29) is 30.8 Å². The lowest BCUT2D eigenvalue weighted by atomic mass is 9.99. The van der Waals surface area contributed by atoms with Crippen molar-refractivity contribution in [2.24, 2.45) is 0 Å². The van der Waals surface area contributed by atoms with Gasteiger partial charge in [-0.2, -0.15) is 0 Å². The number of ether oxygens (including phenoxy) is 3. The summed E-state index contributed by atoms with van der Waals surface area (Å²) in [7, 11) is 0. The summed E-state index contributed by atoms with van der Waals surface area (Å²) >= 11 is 17.1. The number of hydrogen-bond donors (Lipinski definition) is 2. The number of esters is 1. The highest BCUT2D eigenvalue weighted by Gasteiger charge is 2.39.